The maximum atomic E-state index is 11.7. The van der Waals surface area contributed by atoms with Gasteiger partial charge in [0.25, 0.3) is 0 Å². The first-order valence-corrected chi connectivity index (χ1v) is 7.00. The van der Waals surface area contributed by atoms with Crippen LogP contribution in [0.2, 0.25) is 0 Å². The normalized spacial score (nSPS) is 18.4. The second-order valence-electron chi connectivity index (χ2n) is 5.15. The van der Waals surface area contributed by atoms with Crippen molar-refractivity contribution in [3.8, 4) is 0 Å². The molecule has 0 aromatic rings. The summed E-state index contributed by atoms with van der Waals surface area (Å²) in [4.78, 5) is 33.1. The average Bonchev–Trinajstić information content (AvgIpc) is 2.31. The fourth-order valence-electron chi connectivity index (χ4n) is 2.36. The summed E-state index contributed by atoms with van der Waals surface area (Å²) in [5.74, 6) is -2.61. The lowest BCUT2D eigenvalue weighted by Gasteiger charge is -2.22. The maximum absolute atomic E-state index is 11.7. The molecule has 4 N–H and O–H groups in total. The highest BCUT2D eigenvalue weighted by molar-refractivity contribution is 5.86. The van der Waals surface area contributed by atoms with Crippen molar-refractivity contribution in [1.29, 1.82) is 0 Å². The highest BCUT2D eigenvalue weighted by atomic mass is 16.4. The predicted octanol–water partition coefficient (Wildman–Crippen LogP) is 1.33. The SMILES string of the molecule is O=C(O)C[C@@H](NC(=O)NC1CCCCCCC1)C(=O)O. The van der Waals surface area contributed by atoms with Gasteiger partial charge in [0.05, 0.1) is 6.42 Å². The second kappa shape index (κ2) is 8.39. The zero-order valence-electron chi connectivity index (χ0n) is 11.4. The minimum absolute atomic E-state index is 0.0366. The predicted molar refractivity (Wildman–Crippen MR) is 71.5 cm³/mol. The third-order valence-corrected chi connectivity index (χ3v) is 3.42. The molecule has 1 fully saturated rings. The summed E-state index contributed by atoms with van der Waals surface area (Å²) in [6, 6.07) is -1.97. The molecule has 0 bridgehead atoms. The van der Waals surface area contributed by atoms with E-state index in [0.29, 0.717) is 0 Å². The van der Waals surface area contributed by atoms with Gasteiger partial charge in [-0.15, -0.1) is 0 Å². The van der Waals surface area contributed by atoms with Gasteiger partial charge in [0.1, 0.15) is 6.04 Å². The maximum Gasteiger partial charge on any atom is 0.326 e. The lowest BCUT2D eigenvalue weighted by Crippen LogP contribution is -2.49. The Bertz CT molecular complexity index is 351. The van der Waals surface area contributed by atoms with Crippen molar-refractivity contribution in [2.24, 2.45) is 0 Å². The van der Waals surface area contributed by atoms with Crippen LogP contribution in [0.5, 0.6) is 0 Å². The van der Waals surface area contributed by atoms with Crippen LogP contribution in [-0.4, -0.2) is 40.3 Å². The number of carboxylic acid groups (broad SMARTS) is 2. The molecule has 0 spiro atoms. The van der Waals surface area contributed by atoms with E-state index in [1.54, 1.807) is 0 Å². The Morgan fingerprint density at radius 2 is 1.55 bits per heavy atom. The number of rotatable bonds is 5. The van der Waals surface area contributed by atoms with Gasteiger partial charge in [-0.3, -0.25) is 4.79 Å². The minimum atomic E-state index is -1.40. The van der Waals surface area contributed by atoms with Gasteiger partial charge in [0.2, 0.25) is 0 Å². The van der Waals surface area contributed by atoms with Crippen molar-refractivity contribution in [2.45, 2.75) is 63.5 Å². The highest BCUT2D eigenvalue weighted by Gasteiger charge is 2.24. The number of carbonyl (C=O) groups is 3. The van der Waals surface area contributed by atoms with E-state index in [-0.39, 0.29) is 6.04 Å². The summed E-state index contributed by atoms with van der Waals surface area (Å²) in [7, 11) is 0. The third-order valence-electron chi connectivity index (χ3n) is 3.42. The molecule has 7 heteroatoms. The Kier molecular flexibility index (Phi) is 6.83. The number of carbonyl (C=O) groups excluding carboxylic acids is 1. The lowest BCUT2D eigenvalue weighted by atomic mass is 9.97. The molecule has 0 saturated heterocycles. The summed E-state index contributed by atoms with van der Waals surface area (Å²) in [5.41, 5.74) is 0. The Hall–Kier alpha value is -1.79. The Morgan fingerprint density at radius 1 is 1.00 bits per heavy atom. The summed E-state index contributed by atoms with van der Waals surface area (Å²) < 4.78 is 0. The number of nitrogens with one attached hydrogen (secondary N) is 2. The lowest BCUT2D eigenvalue weighted by molar-refractivity contribution is -0.145. The van der Waals surface area contributed by atoms with Crippen LogP contribution in [0.15, 0.2) is 0 Å². The van der Waals surface area contributed by atoms with Crippen molar-refractivity contribution in [2.75, 3.05) is 0 Å². The van der Waals surface area contributed by atoms with Crippen LogP contribution in [0, 0.1) is 0 Å². The number of carboxylic acids is 2. The topological polar surface area (TPSA) is 116 Å². The van der Waals surface area contributed by atoms with Gasteiger partial charge in [-0.1, -0.05) is 32.1 Å². The molecule has 0 heterocycles. The van der Waals surface area contributed by atoms with Crippen LogP contribution >= 0.6 is 0 Å². The first-order valence-electron chi connectivity index (χ1n) is 7.00. The van der Waals surface area contributed by atoms with E-state index < -0.39 is 30.4 Å². The van der Waals surface area contributed by atoms with Gasteiger partial charge in [-0.25, -0.2) is 9.59 Å². The summed E-state index contributed by atoms with van der Waals surface area (Å²) in [5, 5.41) is 22.4. The monoisotopic (exact) mass is 286 g/mol. The standard InChI is InChI=1S/C13H22N2O5/c16-11(17)8-10(12(18)19)15-13(20)14-9-6-4-2-1-3-5-7-9/h9-10H,1-8H2,(H,16,17)(H,18,19)(H2,14,15,20)/t10-/m1/s1. The molecule has 1 rings (SSSR count). The van der Waals surface area contributed by atoms with E-state index in [1.807, 2.05) is 0 Å². The summed E-state index contributed by atoms with van der Waals surface area (Å²) in [6.07, 6.45) is 6.73. The number of urea groups is 1. The quantitative estimate of drug-likeness (QED) is 0.608. The molecule has 7 nitrogen and oxygen atoms in total. The molecule has 114 valence electrons. The zero-order chi connectivity index (χ0) is 15.0. The third kappa shape index (κ3) is 6.40. The van der Waals surface area contributed by atoms with Gasteiger partial charge >= 0.3 is 18.0 Å². The Balaban J connectivity index is 2.43. The molecule has 2 amide bonds. The first kappa shape index (κ1) is 16.3. The molecule has 1 saturated carbocycles. The largest absolute Gasteiger partial charge is 0.481 e. The molecule has 0 aromatic heterocycles. The van der Waals surface area contributed by atoms with E-state index in [1.165, 1.54) is 6.42 Å². The molecular formula is C13H22N2O5. The molecular weight excluding hydrogens is 264 g/mol. The smallest absolute Gasteiger partial charge is 0.326 e. The average molecular weight is 286 g/mol. The molecule has 20 heavy (non-hydrogen) atoms. The number of hydrogen-bond donors (Lipinski definition) is 4. The van der Waals surface area contributed by atoms with Gasteiger partial charge in [0, 0.05) is 6.04 Å². The van der Waals surface area contributed by atoms with Crippen molar-refractivity contribution >= 4 is 18.0 Å². The van der Waals surface area contributed by atoms with Crippen LogP contribution in [0.25, 0.3) is 0 Å². The van der Waals surface area contributed by atoms with E-state index in [9.17, 15) is 14.4 Å². The van der Waals surface area contributed by atoms with Gasteiger partial charge < -0.3 is 20.8 Å². The Labute approximate surface area is 117 Å². The fourth-order valence-corrected chi connectivity index (χ4v) is 2.36. The van der Waals surface area contributed by atoms with Crippen LogP contribution in [-0.2, 0) is 9.59 Å². The van der Waals surface area contributed by atoms with Crippen molar-refractivity contribution in [1.82, 2.24) is 10.6 Å². The van der Waals surface area contributed by atoms with E-state index in [2.05, 4.69) is 10.6 Å². The zero-order valence-corrected chi connectivity index (χ0v) is 11.4. The number of amides is 2. The first-order chi connectivity index (χ1) is 9.49. The van der Waals surface area contributed by atoms with Gasteiger partial charge in [-0.2, -0.15) is 0 Å². The van der Waals surface area contributed by atoms with E-state index >= 15 is 0 Å². The second-order valence-corrected chi connectivity index (χ2v) is 5.15. The number of hydrogen-bond acceptors (Lipinski definition) is 3. The molecule has 0 unspecified atom stereocenters. The van der Waals surface area contributed by atoms with Gasteiger partial charge in [0.15, 0.2) is 0 Å². The molecule has 1 atom stereocenters. The number of aliphatic carboxylic acids is 2. The van der Waals surface area contributed by atoms with Crippen LogP contribution < -0.4 is 10.6 Å². The van der Waals surface area contributed by atoms with Gasteiger partial charge in [-0.05, 0) is 12.8 Å². The summed E-state index contributed by atoms with van der Waals surface area (Å²) in [6.45, 7) is 0. The highest BCUT2D eigenvalue weighted by Crippen LogP contribution is 2.16. The minimum Gasteiger partial charge on any atom is -0.481 e. The van der Waals surface area contributed by atoms with E-state index in [0.717, 1.165) is 38.5 Å². The van der Waals surface area contributed by atoms with E-state index in [4.69, 9.17) is 10.2 Å². The van der Waals surface area contributed by atoms with Crippen LogP contribution in [0.1, 0.15) is 51.4 Å². The molecule has 0 aromatic carbocycles. The van der Waals surface area contributed by atoms with Crippen molar-refractivity contribution in [3.05, 3.63) is 0 Å². The molecule has 1 aliphatic rings. The summed E-state index contributed by atoms with van der Waals surface area (Å²) >= 11 is 0. The molecule has 0 radical (unpaired) electrons. The fraction of sp³-hybridized carbons (Fsp3) is 0.769. The van der Waals surface area contributed by atoms with Crippen LogP contribution in [0.4, 0.5) is 4.79 Å². The van der Waals surface area contributed by atoms with Crippen LogP contribution in [0.3, 0.4) is 0 Å². The van der Waals surface area contributed by atoms with Crippen molar-refractivity contribution < 1.29 is 24.6 Å². The Morgan fingerprint density at radius 3 is 2.05 bits per heavy atom. The molecule has 1 aliphatic carbocycles. The molecule has 0 aliphatic heterocycles. The van der Waals surface area contributed by atoms with Crippen molar-refractivity contribution in [3.63, 3.8) is 0 Å².